The highest BCUT2D eigenvalue weighted by atomic mass is 16.6. The van der Waals surface area contributed by atoms with Crippen molar-refractivity contribution in [1.82, 2.24) is 0 Å². The Balaban J connectivity index is 4.12. The molecule has 0 aromatic rings. The summed E-state index contributed by atoms with van der Waals surface area (Å²) < 4.78 is 16.9. The second kappa shape index (κ2) is 66.4. The summed E-state index contributed by atoms with van der Waals surface area (Å²) in [5.41, 5.74) is 0. The minimum absolute atomic E-state index is 0.0707. The molecule has 0 radical (unpaired) electrons. The first kappa shape index (κ1) is 74.9. The van der Waals surface area contributed by atoms with E-state index in [9.17, 15) is 14.4 Å². The van der Waals surface area contributed by atoms with Crippen LogP contribution in [0.25, 0.3) is 0 Å². The minimum atomic E-state index is -0.774. The van der Waals surface area contributed by atoms with Crippen molar-refractivity contribution in [1.29, 1.82) is 0 Å². The third kappa shape index (κ3) is 64.6. The van der Waals surface area contributed by atoms with Crippen LogP contribution >= 0.6 is 0 Å². The van der Waals surface area contributed by atoms with Gasteiger partial charge in [-0.1, -0.05) is 328 Å². The maximum atomic E-state index is 12.9. The fourth-order valence-corrected chi connectivity index (χ4v) is 10.7. The van der Waals surface area contributed by atoms with Gasteiger partial charge in [-0.2, -0.15) is 0 Å². The number of rotatable bonds is 65. The first-order valence-corrected chi connectivity index (χ1v) is 34.8. The van der Waals surface area contributed by atoms with Gasteiger partial charge in [0.1, 0.15) is 13.2 Å². The zero-order chi connectivity index (χ0) is 55.7. The Morgan fingerprint density at radius 3 is 0.675 bits per heavy atom. The smallest absolute Gasteiger partial charge is 0.306 e. The van der Waals surface area contributed by atoms with Crippen molar-refractivity contribution < 1.29 is 28.6 Å². The molecule has 6 heteroatoms. The van der Waals surface area contributed by atoms with Gasteiger partial charge in [0.25, 0.3) is 0 Å². The summed E-state index contributed by atoms with van der Waals surface area (Å²) in [4.78, 5) is 38.3. The number of hydrogen-bond acceptors (Lipinski definition) is 6. The molecule has 0 aromatic carbocycles. The topological polar surface area (TPSA) is 78.9 Å². The average Bonchev–Trinajstić information content (AvgIpc) is 3.43. The van der Waals surface area contributed by atoms with Crippen molar-refractivity contribution in [2.24, 2.45) is 0 Å². The van der Waals surface area contributed by atoms with Crippen molar-refractivity contribution in [3.8, 4) is 0 Å². The molecule has 77 heavy (non-hydrogen) atoms. The quantitative estimate of drug-likeness (QED) is 0.0261. The SMILES string of the molecule is CCCCC/C=C\CCCCCCCC(=O)OCC(COC(=O)CCCCCCCCCCCCCCCCCCCCCCCCCCCCCCCC)OC(=O)CCCCCCCCC/C=C\CCCCCCCC. The molecule has 0 bridgehead atoms. The lowest BCUT2D eigenvalue weighted by Gasteiger charge is -2.18. The first-order chi connectivity index (χ1) is 38.0. The van der Waals surface area contributed by atoms with Gasteiger partial charge in [-0.25, -0.2) is 0 Å². The predicted molar refractivity (Wildman–Crippen MR) is 335 cm³/mol. The highest BCUT2D eigenvalue weighted by Crippen LogP contribution is 2.19. The second-order valence-corrected chi connectivity index (χ2v) is 23.8. The lowest BCUT2D eigenvalue weighted by atomic mass is 10.0. The van der Waals surface area contributed by atoms with Crippen LogP contribution in [0.4, 0.5) is 0 Å². The van der Waals surface area contributed by atoms with Gasteiger partial charge in [-0.3, -0.25) is 14.4 Å². The van der Waals surface area contributed by atoms with Crippen molar-refractivity contribution in [2.75, 3.05) is 13.2 Å². The number of allylic oxidation sites excluding steroid dienone is 4. The molecule has 0 N–H and O–H groups in total. The van der Waals surface area contributed by atoms with E-state index in [2.05, 4.69) is 45.1 Å². The standard InChI is InChI=1S/C71H134O6/c1-4-7-10-13-16-19-22-25-27-29-30-31-32-33-34-35-36-37-38-39-40-41-43-44-46-49-52-55-58-61-64-70(73)76-67-68(66-75-69(72)63-60-57-54-51-48-24-21-18-15-12-9-6-3)77-71(74)65-62-59-56-53-50-47-45-42-28-26-23-20-17-14-11-8-5-2/h18,21,26,28,68H,4-17,19-20,22-25,27,29-67H2,1-3H3/b21-18-,28-26-. The minimum Gasteiger partial charge on any atom is -0.462 e. The summed E-state index contributed by atoms with van der Waals surface area (Å²) in [6.07, 6.45) is 80.8. The maximum absolute atomic E-state index is 12.9. The molecule has 454 valence electrons. The fourth-order valence-electron chi connectivity index (χ4n) is 10.7. The molecule has 1 atom stereocenters. The normalized spacial score (nSPS) is 12.1. The highest BCUT2D eigenvalue weighted by molar-refractivity contribution is 5.71. The summed E-state index contributed by atoms with van der Waals surface area (Å²) in [6, 6.07) is 0. The van der Waals surface area contributed by atoms with E-state index in [1.54, 1.807) is 0 Å². The lowest BCUT2D eigenvalue weighted by molar-refractivity contribution is -0.167. The Bertz CT molecular complexity index is 1240. The molecule has 0 aliphatic rings. The zero-order valence-corrected chi connectivity index (χ0v) is 52.3. The molecule has 6 nitrogen and oxygen atoms in total. The number of carbonyl (C=O) groups excluding carboxylic acids is 3. The van der Waals surface area contributed by atoms with Crippen molar-refractivity contribution in [3.63, 3.8) is 0 Å². The van der Waals surface area contributed by atoms with Gasteiger partial charge in [-0.15, -0.1) is 0 Å². The van der Waals surface area contributed by atoms with E-state index in [0.29, 0.717) is 19.3 Å². The summed E-state index contributed by atoms with van der Waals surface area (Å²) in [5, 5.41) is 0. The zero-order valence-electron chi connectivity index (χ0n) is 52.3. The van der Waals surface area contributed by atoms with Crippen molar-refractivity contribution in [3.05, 3.63) is 24.3 Å². The van der Waals surface area contributed by atoms with E-state index in [-0.39, 0.29) is 31.1 Å². The Morgan fingerprint density at radius 2 is 0.429 bits per heavy atom. The molecule has 0 saturated carbocycles. The van der Waals surface area contributed by atoms with E-state index in [0.717, 1.165) is 64.2 Å². The second-order valence-electron chi connectivity index (χ2n) is 23.8. The van der Waals surface area contributed by atoms with Crippen LogP contribution in [-0.4, -0.2) is 37.2 Å². The monoisotopic (exact) mass is 1080 g/mol. The van der Waals surface area contributed by atoms with Crippen LogP contribution in [0.5, 0.6) is 0 Å². The molecule has 0 aliphatic carbocycles. The first-order valence-electron chi connectivity index (χ1n) is 34.8. The number of unbranched alkanes of at least 4 members (excludes halogenated alkanes) is 50. The molecular weight excluding hydrogens is 949 g/mol. The van der Waals surface area contributed by atoms with Crippen LogP contribution in [0.2, 0.25) is 0 Å². The van der Waals surface area contributed by atoms with Gasteiger partial charge in [-0.05, 0) is 70.6 Å². The van der Waals surface area contributed by atoms with Gasteiger partial charge >= 0.3 is 17.9 Å². The van der Waals surface area contributed by atoms with E-state index < -0.39 is 6.10 Å². The largest absolute Gasteiger partial charge is 0.462 e. The van der Waals surface area contributed by atoms with Crippen LogP contribution < -0.4 is 0 Å². The molecule has 0 amide bonds. The Kier molecular flexibility index (Phi) is 64.6. The number of carbonyl (C=O) groups is 3. The van der Waals surface area contributed by atoms with Gasteiger partial charge in [0.15, 0.2) is 6.10 Å². The van der Waals surface area contributed by atoms with E-state index >= 15 is 0 Å². The number of hydrogen-bond donors (Lipinski definition) is 0. The summed E-state index contributed by atoms with van der Waals surface area (Å²) in [6.45, 7) is 6.67. The molecule has 0 aliphatic heterocycles. The molecule has 1 unspecified atom stereocenters. The van der Waals surface area contributed by atoms with Gasteiger partial charge in [0.2, 0.25) is 0 Å². The molecule has 0 rings (SSSR count). The summed E-state index contributed by atoms with van der Waals surface area (Å²) in [5.74, 6) is -0.858. The van der Waals surface area contributed by atoms with E-state index in [4.69, 9.17) is 14.2 Å². The van der Waals surface area contributed by atoms with Crippen LogP contribution in [0, 0.1) is 0 Å². The molecule has 0 fully saturated rings. The average molecular weight is 1080 g/mol. The number of ether oxygens (including phenoxy) is 3. The molecular formula is C71H134O6. The third-order valence-electron chi connectivity index (χ3n) is 15.9. The van der Waals surface area contributed by atoms with Crippen LogP contribution in [0.3, 0.4) is 0 Å². The summed E-state index contributed by atoms with van der Waals surface area (Å²) >= 11 is 0. The van der Waals surface area contributed by atoms with Gasteiger partial charge in [0, 0.05) is 19.3 Å². The fraction of sp³-hybridized carbons (Fsp3) is 0.901. The van der Waals surface area contributed by atoms with E-state index in [1.165, 1.54) is 289 Å². The molecule has 0 spiro atoms. The van der Waals surface area contributed by atoms with Gasteiger partial charge in [0.05, 0.1) is 0 Å². The van der Waals surface area contributed by atoms with Crippen LogP contribution in [0.15, 0.2) is 24.3 Å². The Hall–Kier alpha value is -2.11. The number of esters is 3. The maximum Gasteiger partial charge on any atom is 0.306 e. The predicted octanol–water partition coefficient (Wildman–Crippen LogP) is 23.8. The van der Waals surface area contributed by atoms with E-state index in [1.807, 2.05) is 0 Å². The molecule has 0 heterocycles. The molecule has 0 aromatic heterocycles. The summed E-state index contributed by atoms with van der Waals surface area (Å²) in [7, 11) is 0. The van der Waals surface area contributed by atoms with Gasteiger partial charge < -0.3 is 14.2 Å². The lowest BCUT2D eigenvalue weighted by Crippen LogP contribution is -2.30. The van der Waals surface area contributed by atoms with Crippen molar-refractivity contribution >= 4 is 17.9 Å². The molecule has 0 saturated heterocycles. The van der Waals surface area contributed by atoms with Crippen LogP contribution in [0.1, 0.15) is 393 Å². The van der Waals surface area contributed by atoms with Crippen molar-refractivity contribution in [2.45, 2.75) is 399 Å². The third-order valence-corrected chi connectivity index (χ3v) is 15.9. The Morgan fingerprint density at radius 1 is 0.247 bits per heavy atom. The van der Waals surface area contributed by atoms with Crippen LogP contribution in [-0.2, 0) is 28.6 Å². The highest BCUT2D eigenvalue weighted by Gasteiger charge is 2.19. The Labute approximate surface area is 481 Å².